The van der Waals surface area contributed by atoms with Crippen LogP contribution in [-0.2, 0) is 41.3 Å². The highest BCUT2D eigenvalue weighted by atomic mass is 31.2. The number of carbonyl (C=O) groups is 4. The van der Waals surface area contributed by atoms with Gasteiger partial charge in [-0.25, -0.2) is 19.5 Å². The molecular weight excluding hydrogens is 1080 g/mol. The van der Waals surface area contributed by atoms with Gasteiger partial charge in [-0.2, -0.15) is 0 Å². The molecule has 4 amide bonds. The molecule has 11 rings (SSSR count). The summed E-state index contributed by atoms with van der Waals surface area (Å²) in [5.74, 6) is -0.816. The van der Waals surface area contributed by atoms with E-state index in [1.54, 1.807) is 52.2 Å². The second-order valence-corrected chi connectivity index (χ2v) is 26.1. The van der Waals surface area contributed by atoms with Gasteiger partial charge in [-0.15, -0.1) is 0 Å². The van der Waals surface area contributed by atoms with Crippen LogP contribution < -0.4 is 40.9 Å². The number of piperidine rings is 2. The number of nitrogens with zero attached hydrogens (tertiary/aromatic N) is 10. The average Bonchev–Trinajstić information content (AvgIpc) is 2.15. The Bertz CT molecular complexity index is 3550. The third-order valence-electron chi connectivity index (χ3n) is 17.9. The van der Waals surface area contributed by atoms with Gasteiger partial charge in [0.25, 0.3) is 23.3 Å². The van der Waals surface area contributed by atoms with Crippen LogP contribution in [0.1, 0.15) is 122 Å². The van der Waals surface area contributed by atoms with Crippen LogP contribution in [0.3, 0.4) is 0 Å². The molecule has 0 spiro atoms. The van der Waals surface area contributed by atoms with Crippen molar-refractivity contribution in [2.24, 2.45) is 12.5 Å². The number of nitrogens with one attached hydrogen (secondary N) is 3. The number of carbonyl (C=O) groups excluding carboxylic acids is 4. The molecular formula is C60H76N13O9P. The lowest BCUT2D eigenvalue weighted by atomic mass is 9.89. The predicted molar refractivity (Wildman–Crippen MR) is 319 cm³/mol. The number of benzene rings is 2. The molecule has 6 aliphatic rings. The summed E-state index contributed by atoms with van der Waals surface area (Å²) in [5.41, 5.74) is 5.54. The van der Waals surface area contributed by atoms with E-state index in [0.717, 1.165) is 80.1 Å². The van der Waals surface area contributed by atoms with Crippen LogP contribution >= 0.6 is 7.75 Å². The summed E-state index contributed by atoms with van der Waals surface area (Å²) in [4.78, 5) is 109. The first-order valence-electron chi connectivity index (χ1n) is 28.8. The van der Waals surface area contributed by atoms with Gasteiger partial charge < -0.3 is 54.3 Å². The summed E-state index contributed by atoms with van der Waals surface area (Å²) in [6.45, 7) is 22.2. The summed E-state index contributed by atoms with van der Waals surface area (Å²) in [6, 6.07) is 15.7. The van der Waals surface area contributed by atoms with Gasteiger partial charge in [0.1, 0.15) is 11.5 Å². The minimum atomic E-state index is -4.64. The van der Waals surface area contributed by atoms with Gasteiger partial charge in [0.2, 0.25) is 5.91 Å². The first-order chi connectivity index (χ1) is 39.3. The zero-order valence-electron chi connectivity index (χ0n) is 48.5. The largest absolute Gasteiger partial charge is 0.401 e. The number of pyridine rings is 1. The summed E-state index contributed by atoms with van der Waals surface area (Å²) in [6.07, 6.45) is 8.59. The number of fused-ring (bicyclic) bond motifs is 4. The quantitative estimate of drug-likeness (QED) is 0.0415. The number of amides is 4. The Kier molecular flexibility index (Phi) is 15.1. The van der Waals surface area contributed by atoms with Gasteiger partial charge in [0, 0.05) is 100 Å². The molecule has 5 aromatic rings. The van der Waals surface area contributed by atoms with E-state index in [1.165, 1.54) is 40.2 Å². The Balaban J connectivity index is 0.754. The van der Waals surface area contributed by atoms with Crippen molar-refractivity contribution in [1.82, 2.24) is 34.0 Å². The molecule has 2 aromatic carbocycles. The van der Waals surface area contributed by atoms with Crippen molar-refractivity contribution in [3.05, 3.63) is 124 Å². The van der Waals surface area contributed by atoms with Gasteiger partial charge in [-0.3, -0.25) is 33.9 Å². The summed E-state index contributed by atoms with van der Waals surface area (Å²) < 4.78 is 15.5. The lowest BCUT2D eigenvalue weighted by molar-refractivity contribution is -0.111. The number of aliphatic hydroxyl groups excluding tert-OH is 1. The number of hydrogen-bond acceptors (Lipinski definition) is 14. The SMILES string of the molecule is C=CC(=O)Nc1cc(Nc2nc(N3CCC[C@@H](N4CCn5c(cc6c5CC(C)(C)C6)C4=O)[C@H]3C(C)O)cn(C)c2=O)ccc1N1CCN(C2CCN(c3ccc4c(c3)C(=O)N(c3ccnc(C(C)(C)NP(=O)(O)O)c3)C4=O)[C@H](C)C2)C[C@@H]1C. The highest BCUT2D eigenvalue weighted by molar-refractivity contribution is 7.49. The lowest BCUT2D eigenvalue weighted by Gasteiger charge is -2.48. The van der Waals surface area contributed by atoms with Crippen LogP contribution in [0, 0.1) is 5.41 Å². The molecule has 6 N–H and O–H groups in total. The predicted octanol–water partition coefficient (Wildman–Crippen LogP) is 6.13. The fraction of sp³-hybridized carbons (Fsp3) is 0.483. The molecule has 1 aliphatic carbocycles. The van der Waals surface area contributed by atoms with Crippen molar-refractivity contribution >= 4 is 71.4 Å². The molecule has 83 heavy (non-hydrogen) atoms. The van der Waals surface area contributed by atoms with E-state index < -0.39 is 37.2 Å². The van der Waals surface area contributed by atoms with Crippen molar-refractivity contribution in [3.8, 4) is 0 Å². The van der Waals surface area contributed by atoms with E-state index in [-0.39, 0.29) is 75.3 Å². The van der Waals surface area contributed by atoms with Crippen LogP contribution in [0.5, 0.6) is 0 Å². The zero-order chi connectivity index (χ0) is 59.2. The van der Waals surface area contributed by atoms with Crippen molar-refractivity contribution in [3.63, 3.8) is 0 Å². The van der Waals surface area contributed by atoms with Gasteiger partial charge in [0.05, 0.1) is 57.6 Å². The second-order valence-electron chi connectivity index (χ2n) is 24.8. The number of aliphatic hydroxyl groups is 1. The highest BCUT2D eigenvalue weighted by Crippen LogP contribution is 2.42. The summed E-state index contributed by atoms with van der Waals surface area (Å²) in [5, 5.41) is 20.1. The third kappa shape index (κ3) is 11.0. The summed E-state index contributed by atoms with van der Waals surface area (Å²) in [7, 11) is -2.97. The van der Waals surface area contributed by atoms with E-state index >= 15 is 0 Å². The Morgan fingerprint density at radius 3 is 2.34 bits per heavy atom. The topological polar surface area (TPSA) is 254 Å². The minimum Gasteiger partial charge on any atom is -0.391 e. The Labute approximate surface area is 483 Å². The number of rotatable bonds is 14. The van der Waals surface area contributed by atoms with Gasteiger partial charge in [-0.1, -0.05) is 20.4 Å². The normalized spacial score (nSPS) is 23.3. The molecule has 3 saturated heterocycles. The van der Waals surface area contributed by atoms with Crippen molar-refractivity contribution in [1.29, 1.82) is 0 Å². The fourth-order valence-corrected chi connectivity index (χ4v) is 14.9. The van der Waals surface area contributed by atoms with Crippen LogP contribution in [0.25, 0.3) is 0 Å². The number of aromatic nitrogens is 4. The number of aryl methyl sites for hydroxylation is 1. The first kappa shape index (κ1) is 57.6. The van der Waals surface area contributed by atoms with Gasteiger partial charge in [0.15, 0.2) is 5.82 Å². The molecule has 6 atom stereocenters. The van der Waals surface area contributed by atoms with Crippen molar-refractivity contribution < 1.29 is 38.6 Å². The van der Waals surface area contributed by atoms with Gasteiger partial charge >= 0.3 is 7.75 Å². The molecule has 22 nitrogen and oxygen atoms in total. The van der Waals surface area contributed by atoms with Crippen molar-refractivity contribution in [2.75, 3.05) is 69.5 Å². The van der Waals surface area contributed by atoms with Crippen molar-refractivity contribution in [2.45, 2.75) is 135 Å². The van der Waals surface area contributed by atoms with Crippen LogP contribution in [-0.4, -0.2) is 143 Å². The second kappa shape index (κ2) is 21.8. The molecule has 440 valence electrons. The molecule has 0 bridgehead atoms. The Hall–Kier alpha value is -7.20. The lowest BCUT2D eigenvalue weighted by Crippen LogP contribution is -2.62. The van der Waals surface area contributed by atoms with E-state index in [2.05, 4.69) is 80.3 Å². The minimum absolute atomic E-state index is 0.0163. The Morgan fingerprint density at radius 2 is 1.61 bits per heavy atom. The molecule has 23 heteroatoms. The van der Waals surface area contributed by atoms with Gasteiger partial charge in [-0.05, 0) is 145 Å². The first-order valence-corrected chi connectivity index (χ1v) is 30.4. The monoisotopic (exact) mass is 1150 g/mol. The van der Waals surface area contributed by atoms with Crippen LogP contribution in [0.15, 0.2) is 84.4 Å². The van der Waals surface area contributed by atoms with E-state index in [9.17, 15) is 43.4 Å². The maximum atomic E-state index is 14.3. The standard InChI is InChI=1S/C60H76N13O9P/c1-10-52(75)63-45-28-39(62-54-58(79)66(9)34-51(64-54)72-20-11-12-47(53(72)37(4)74)71-25-24-70-48(57(71)78)27-38-31-59(5,6)32-49(38)70)13-16-46(45)69-23-22-67(33-36(69)3)40-18-21-68(35(2)26-40)41-14-15-43-44(29-41)56(77)73(55(43)76)42-17-19-61-50(30-42)60(7,8)65-83(80,81)82/h10,13-17,19,27-30,34-37,40,47,53,74H,1,11-12,18,20-26,31-33H2,2-9H3,(H,62,64)(H,63,75)(H3,65,80,81,82)/t35-,36+,37?,40?,47-,53-/m1/s1. The highest BCUT2D eigenvalue weighted by Gasteiger charge is 2.45. The number of anilines is 7. The zero-order valence-corrected chi connectivity index (χ0v) is 49.4. The molecule has 2 unspecified atom stereocenters. The maximum Gasteiger partial charge on any atom is 0.401 e. The maximum absolute atomic E-state index is 14.3. The molecule has 0 saturated carbocycles. The Morgan fingerprint density at radius 1 is 0.855 bits per heavy atom. The number of hydrogen-bond donors (Lipinski definition) is 6. The number of imide groups is 1. The molecule has 3 fully saturated rings. The summed E-state index contributed by atoms with van der Waals surface area (Å²) >= 11 is 0. The fourth-order valence-electron chi connectivity index (χ4n) is 14.0. The van der Waals surface area contributed by atoms with E-state index in [4.69, 9.17) is 4.98 Å². The smallest absolute Gasteiger partial charge is 0.391 e. The number of piperazine rings is 1. The molecule has 8 heterocycles. The molecule has 5 aliphatic heterocycles. The third-order valence-corrected chi connectivity index (χ3v) is 18.7. The molecule has 0 radical (unpaired) electrons. The van der Waals surface area contributed by atoms with E-state index in [1.807, 2.05) is 28.0 Å². The average molecular weight is 1150 g/mol. The van der Waals surface area contributed by atoms with Crippen LogP contribution in [0.4, 0.5) is 40.1 Å². The molecule has 3 aromatic heterocycles. The van der Waals surface area contributed by atoms with Crippen LogP contribution in [0.2, 0.25) is 0 Å². The van der Waals surface area contributed by atoms with E-state index in [0.29, 0.717) is 43.4 Å².